The number of carbonyl (C=O) groups is 2. The van der Waals surface area contributed by atoms with Crippen LogP contribution in [0.1, 0.15) is 36.8 Å². The minimum absolute atomic E-state index is 0.115. The van der Waals surface area contributed by atoms with Crippen molar-refractivity contribution < 1.29 is 14.0 Å². The van der Waals surface area contributed by atoms with E-state index in [1.807, 2.05) is 29.2 Å². The van der Waals surface area contributed by atoms with Crippen LogP contribution in [0.2, 0.25) is 5.02 Å². The Bertz CT molecular complexity index is 994. The van der Waals surface area contributed by atoms with E-state index in [-0.39, 0.29) is 28.9 Å². The Kier molecular flexibility index (Phi) is 7.53. The third kappa shape index (κ3) is 5.73. The normalized spacial score (nSPS) is 22.0. The topological polar surface area (TPSA) is 49.4 Å². The van der Waals surface area contributed by atoms with E-state index < -0.39 is 0 Å². The zero-order valence-electron chi connectivity index (χ0n) is 17.7. The molecule has 1 N–H and O–H groups in total. The summed E-state index contributed by atoms with van der Waals surface area (Å²) in [7, 11) is 0. The SMILES string of the molecule is O=C(/C=C1\SC2CCCCC2N(Cc2ccc(F)cc2)C1=O)NCCc1ccc(Cl)cc1. The first-order valence-corrected chi connectivity index (χ1v) is 12.2. The van der Waals surface area contributed by atoms with E-state index in [1.54, 1.807) is 12.1 Å². The molecule has 1 aliphatic heterocycles. The van der Waals surface area contributed by atoms with Crippen molar-refractivity contribution in [3.05, 3.63) is 81.5 Å². The number of fused-ring (bicyclic) bond motifs is 1. The third-order valence-electron chi connectivity index (χ3n) is 5.97. The van der Waals surface area contributed by atoms with Crippen LogP contribution in [0.3, 0.4) is 0 Å². The van der Waals surface area contributed by atoms with Gasteiger partial charge in [-0.25, -0.2) is 4.39 Å². The van der Waals surface area contributed by atoms with Crippen molar-refractivity contribution in [2.24, 2.45) is 0 Å². The first-order valence-electron chi connectivity index (χ1n) is 11.0. The van der Waals surface area contributed by atoms with Crippen LogP contribution in [-0.2, 0) is 22.6 Å². The van der Waals surface area contributed by atoms with E-state index in [4.69, 9.17) is 11.6 Å². The fourth-order valence-electron chi connectivity index (χ4n) is 4.30. The molecule has 0 spiro atoms. The Labute approximate surface area is 197 Å². The second-order valence-corrected chi connectivity index (χ2v) is 9.96. The second kappa shape index (κ2) is 10.5. The number of amides is 2. The van der Waals surface area contributed by atoms with Crippen LogP contribution < -0.4 is 5.32 Å². The van der Waals surface area contributed by atoms with Gasteiger partial charge in [0.2, 0.25) is 5.91 Å². The van der Waals surface area contributed by atoms with Crippen LogP contribution >= 0.6 is 23.4 Å². The molecule has 32 heavy (non-hydrogen) atoms. The quantitative estimate of drug-likeness (QED) is 0.594. The van der Waals surface area contributed by atoms with Crippen molar-refractivity contribution in [3.63, 3.8) is 0 Å². The Balaban J connectivity index is 1.43. The average molecular weight is 473 g/mol. The molecule has 2 aliphatic rings. The molecule has 1 heterocycles. The number of carbonyl (C=O) groups excluding carboxylic acids is 2. The number of nitrogens with one attached hydrogen (secondary N) is 1. The molecular weight excluding hydrogens is 447 g/mol. The summed E-state index contributed by atoms with van der Waals surface area (Å²) in [6.45, 7) is 0.908. The molecule has 4 nitrogen and oxygen atoms in total. The summed E-state index contributed by atoms with van der Waals surface area (Å²) in [5.74, 6) is -0.665. The third-order valence-corrected chi connectivity index (χ3v) is 7.62. The van der Waals surface area contributed by atoms with Crippen LogP contribution in [0, 0.1) is 5.82 Å². The van der Waals surface area contributed by atoms with Gasteiger partial charge in [-0.2, -0.15) is 0 Å². The summed E-state index contributed by atoms with van der Waals surface area (Å²) in [4.78, 5) is 28.2. The van der Waals surface area contributed by atoms with Crippen molar-refractivity contribution in [1.82, 2.24) is 10.2 Å². The molecule has 2 unspecified atom stereocenters. The van der Waals surface area contributed by atoms with Gasteiger partial charge in [0, 0.05) is 35.5 Å². The minimum atomic E-state index is -0.291. The molecule has 4 rings (SSSR count). The number of thioether (sulfide) groups is 1. The van der Waals surface area contributed by atoms with Crippen molar-refractivity contribution in [1.29, 1.82) is 0 Å². The Morgan fingerprint density at radius 2 is 1.78 bits per heavy atom. The Hall–Kier alpha value is -2.31. The van der Waals surface area contributed by atoms with Gasteiger partial charge >= 0.3 is 0 Å². The molecule has 2 aromatic rings. The van der Waals surface area contributed by atoms with Crippen LogP contribution in [0.4, 0.5) is 4.39 Å². The van der Waals surface area contributed by atoms with Gasteiger partial charge in [0.15, 0.2) is 0 Å². The lowest BCUT2D eigenvalue weighted by Crippen LogP contribution is -2.51. The van der Waals surface area contributed by atoms with Crippen molar-refractivity contribution >= 4 is 35.2 Å². The highest BCUT2D eigenvalue weighted by Gasteiger charge is 2.40. The minimum Gasteiger partial charge on any atom is -0.352 e. The van der Waals surface area contributed by atoms with Gasteiger partial charge in [-0.05, 0) is 54.7 Å². The van der Waals surface area contributed by atoms with E-state index in [2.05, 4.69) is 5.32 Å². The molecule has 0 aromatic heterocycles. The molecular formula is C25H26ClFN2O2S. The predicted molar refractivity (Wildman–Crippen MR) is 127 cm³/mol. The lowest BCUT2D eigenvalue weighted by molar-refractivity contribution is -0.130. The Morgan fingerprint density at radius 1 is 1.09 bits per heavy atom. The molecule has 0 bridgehead atoms. The van der Waals surface area contributed by atoms with Gasteiger partial charge in [0.1, 0.15) is 5.82 Å². The monoisotopic (exact) mass is 472 g/mol. The molecule has 1 aliphatic carbocycles. The lowest BCUT2D eigenvalue weighted by Gasteiger charge is -2.44. The molecule has 2 fully saturated rings. The number of hydrogen-bond donors (Lipinski definition) is 1. The van der Waals surface area contributed by atoms with E-state index >= 15 is 0 Å². The maximum absolute atomic E-state index is 13.3. The van der Waals surface area contributed by atoms with Crippen molar-refractivity contribution in [2.75, 3.05) is 6.54 Å². The highest BCUT2D eigenvalue weighted by atomic mass is 35.5. The van der Waals surface area contributed by atoms with E-state index in [9.17, 15) is 14.0 Å². The lowest BCUT2D eigenvalue weighted by atomic mass is 9.92. The van der Waals surface area contributed by atoms with Crippen LogP contribution in [0.5, 0.6) is 0 Å². The van der Waals surface area contributed by atoms with Gasteiger partial charge < -0.3 is 10.2 Å². The summed E-state index contributed by atoms with van der Waals surface area (Å²) in [6, 6.07) is 13.9. The summed E-state index contributed by atoms with van der Waals surface area (Å²) in [6.07, 6.45) is 6.35. The van der Waals surface area contributed by atoms with E-state index in [1.165, 1.54) is 30.0 Å². The maximum Gasteiger partial charge on any atom is 0.261 e. The number of halogens is 2. The average Bonchev–Trinajstić information content (AvgIpc) is 2.79. The van der Waals surface area contributed by atoms with Gasteiger partial charge in [-0.3, -0.25) is 9.59 Å². The molecule has 0 radical (unpaired) electrons. The zero-order chi connectivity index (χ0) is 22.5. The number of nitrogens with zero attached hydrogens (tertiary/aromatic N) is 1. The van der Waals surface area contributed by atoms with Crippen LogP contribution in [-0.4, -0.2) is 34.6 Å². The maximum atomic E-state index is 13.3. The molecule has 168 valence electrons. The van der Waals surface area contributed by atoms with E-state index in [0.717, 1.165) is 36.8 Å². The van der Waals surface area contributed by atoms with E-state index in [0.29, 0.717) is 29.4 Å². The molecule has 1 saturated heterocycles. The molecule has 2 atom stereocenters. The molecule has 7 heteroatoms. The van der Waals surface area contributed by atoms with Crippen molar-refractivity contribution in [3.8, 4) is 0 Å². The zero-order valence-corrected chi connectivity index (χ0v) is 19.3. The largest absolute Gasteiger partial charge is 0.352 e. The fourth-order valence-corrected chi connectivity index (χ4v) is 5.87. The second-order valence-electron chi connectivity index (χ2n) is 8.24. The summed E-state index contributed by atoms with van der Waals surface area (Å²) in [5.41, 5.74) is 1.98. The standard InChI is InChI=1S/C25H26ClFN2O2S/c26-19-9-5-17(6-10-19)13-14-28-24(30)15-23-25(31)29(16-18-7-11-20(27)12-8-18)21-3-1-2-4-22(21)32-23/h5-12,15,21-22H,1-4,13-14,16H2,(H,28,30)/b23-15-. The molecule has 1 saturated carbocycles. The first kappa shape index (κ1) is 22.9. The van der Waals surface area contributed by atoms with Gasteiger partial charge in [-0.1, -0.05) is 48.7 Å². The predicted octanol–water partition coefficient (Wildman–Crippen LogP) is 5.11. The fraction of sp³-hybridized carbons (Fsp3) is 0.360. The van der Waals surface area contributed by atoms with Crippen molar-refractivity contribution in [2.45, 2.75) is 49.9 Å². The first-order chi connectivity index (χ1) is 15.5. The number of rotatable bonds is 6. The number of hydrogen-bond acceptors (Lipinski definition) is 3. The highest BCUT2D eigenvalue weighted by molar-refractivity contribution is 8.04. The summed E-state index contributed by atoms with van der Waals surface area (Å²) < 4.78 is 13.3. The van der Waals surface area contributed by atoms with Gasteiger partial charge in [-0.15, -0.1) is 11.8 Å². The van der Waals surface area contributed by atoms with Crippen LogP contribution in [0.25, 0.3) is 0 Å². The summed E-state index contributed by atoms with van der Waals surface area (Å²) in [5, 5.41) is 3.85. The molecule has 2 amide bonds. The Morgan fingerprint density at radius 3 is 2.53 bits per heavy atom. The number of benzene rings is 2. The van der Waals surface area contributed by atoms with Crippen LogP contribution in [0.15, 0.2) is 59.5 Å². The highest BCUT2D eigenvalue weighted by Crippen LogP contribution is 2.42. The summed E-state index contributed by atoms with van der Waals surface area (Å²) >= 11 is 7.44. The van der Waals surface area contributed by atoms with Gasteiger partial charge in [0.05, 0.1) is 4.91 Å². The molecule has 2 aromatic carbocycles. The smallest absolute Gasteiger partial charge is 0.261 e. The van der Waals surface area contributed by atoms with Gasteiger partial charge in [0.25, 0.3) is 5.91 Å².